The maximum absolute atomic E-state index is 11.0. The van der Waals surface area contributed by atoms with Crippen molar-refractivity contribution in [1.82, 2.24) is 4.98 Å². The Morgan fingerprint density at radius 2 is 1.87 bits per heavy atom. The number of pyridine rings is 1. The number of hydrogen-bond donors (Lipinski definition) is 1. The predicted octanol–water partition coefficient (Wildman–Crippen LogP) is 4.36. The van der Waals surface area contributed by atoms with Gasteiger partial charge in [0.2, 0.25) is 0 Å². The summed E-state index contributed by atoms with van der Waals surface area (Å²) in [4.78, 5) is 17.8. The summed E-state index contributed by atoms with van der Waals surface area (Å²) in [6.07, 6.45) is 1.29. The van der Waals surface area contributed by atoms with Gasteiger partial charge >= 0.3 is 5.97 Å². The molecule has 3 rings (SSSR count). The van der Waals surface area contributed by atoms with Gasteiger partial charge in [0.15, 0.2) is 0 Å². The number of aliphatic carboxylic acids is 1. The predicted molar refractivity (Wildman–Crippen MR) is 92.3 cm³/mol. The molecular weight excluding hydrogens is 335 g/mol. The summed E-state index contributed by atoms with van der Waals surface area (Å²) < 4.78 is 0. The maximum Gasteiger partial charge on any atom is 0.306 e. The van der Waals surface area contributed by atoms with E-state index in [1.54, 1.807) is 12.1 Å². The van der Waals surface area contributed by atoms with Crippen molar-refractivity contribution in [3.63, 3.8) is 0 Å². The van der Waals surface area contributed by atoms with Gasteiger partial charge in [0.1, 0.15) is 5.82 Å². The SMILES string of the molecule is O=C(O)C1CCN(c2cccc(-c3ccc(Cl)c(Cl)c3)n2)CC1. The van der Waals surface area contributed by atoms with E-state index >= 15 is 0 Å². The molecule has 1 fully saturated rings. The molecule has 0 spiro atoms. The summed E-state index contributed by atoms with van der Waals surface area (Å²) >= 11 is 12.0. The van der Waals surface area contributed by atoms with Crippen LogP contribution in [0.5, 0.6) is 0 Å². The van der Waals surface area contributed by atoms with E-state index < -0.39 is 5.97 Å². The Bertz CT molecular complexity index is 728. The van der Waals surface area contributed by atoms with Crippen LogP contribution in [0.4, 0.5) is 5.82 Å². The minimum atomic E-state index is -0.706. The molecular formula is C17H16Cl2N2O2. The first-order valence-corrected chi connectivity index (χ1v) is 8.20. The average molecular weight is 351 g/mol. The summed E-state index contributed by atoms with van der Waals surface area (Å²) in [5.74, 6) is -0.0934. The Kier molecular flexibility index (Phi) is 4.74. The number of piperidine rings is 1. The lowest BCUT2D eigenvalue weighted by Gasteiger charge is -2.31. The summed E-state index contributed by atoms with van der Waals surface area (Å²) in [7, 11) is 0. The molecule has 0 saturated carbocycles. The quantitative estimate of drug-likeness (QED) is 0.893. The Hall–Kier alpha value is -1.78. The van der Waals surface area contributed by atoms with Gasteiger partial charge in [-0.3, -0.25) is 4.79 Å². The fraction of sp³-hybridized carbons (Fsp3) is 0.294. The first-order chi connectivity index (χ1) is 11.0. The highest BCUT2D eigenvalue weighted by Gasteiger charge is 2.25. The normalized spacial score (nSPS) is 15.7. The number of rotatable bonds is 3. The van der Waals surface area contributed by atoms with Gasteiger partial charge in [0.25, 0.3) is 0 Å². The van der Waals surface area contributed by atoms with Gasteiger partial charge in [-0.05, 0) is 37.1 Å². The van der Waals surface area contributed by atoms with Crippen LogP contribution < -0.4 is 4.90 Å². The minimum absolute atomic E-state index is 0.246. The van der Waals surface area contributed by atoms with Gasteiger partial charge in [-0.1, -0.05) is 35.3 Å². The van der Waals surface area contributed by atoms with Crippen LogP contribution in [0.15, 0.2) is 36.4 Å². The van der Waals surface area contributed by atoms with Gasteiger partial charge in [0, 0.05) is 18.7 Å². The Morgan fingerprint density at radius 3 is 2.52 bits per heavy atom. The third-order valence-corrected chi connectivity index (χ3v) is 4.86. The molecule has 0 unspecified atom stereocenters. The Balaban J connectivity index is 1.80. The topological polar surface area (TPSA) is 53.4 Å². The van der Waals surface area contributed by atoms with Crippen LogP contribution in [-0.2, 0) is 4.79 Å². The van der Waals surface area contributed by atoms with E-state index in [2.05, 4.69) is 9.88 Å². The van der Waals surface area contributed by atoms with Gasteiger partial charge in [-0.15, -0.1) is 0 Å². The van der Waals surface area contributed by atoms with Crippen LogP contribution in [0.3, 0.4) is 0 Å². The average Bonchev–Trinajstić information content (AvgIpc) is 2.57. The summed E-state index contributed by atoms with van der Waals surface area (Å²) in [5.41, 5.74) is 1.73. The highest BCUT2D eigenvalue weighted by molar-refractivity contribution is 6.42. The monoisotopic (exact) mass is 350 g/mol. The number of carboxylic acid groups (broad SMARTS) is 1. The molecule has 4 nitrogen and oxygen atoms in total. The largest absolute Gasteiger partial charge is 0.481 e. The zero-order valence-electron chi connectivity index (χ0n) is 12.4. The Morgan fingerprint density at radius 1 is 1.13 bits per heavy atom. The zero-order valence-corrected chi connectivity index (χ0v) is 13.9. The molecule has 1 N–H and O–H groups in total. The number of anilines is 1. The fourth-order valence-electron chi connectivity index (χ4n) is 2.77. The number of aromatic nitrogens is 1. The number of hydrogen-bond acceptors (Lipinski definition) is 3. The maximum atomic E-state index is 11.0. The van der Waals surface area contributed by atoms with Gasteiger partial charge < -0.3 is 10.0 Å². The first kappa shape index (κ1) is 16.1. The number of carboxylic acids is 1. The van der Waals surface area contributed by atoms with Crippen molar-refractivity contribution in [1.29, 1.82) is 0 Å². The second-order valence-electron chi connectivity index (χ2n) is 5.61. The van der Waals surface area contributed by atoms with Crippen LogP contribution in [0, 0.1) is 5.92 Å². The number of benzene rings is 1. The summed E-state index contributed by atoms with van der Waals surface area (Å²) in [6, 6.07) is 11.3. The van der Waals surface area contributed by atoms with E-state index in [0.29, 0.717) is 36.0 Å². The summed E-state index contributed by atoms with van der Waals surface area (Å²) in [5, 5.41) is 10.1. The second kappa shape index (κ2) is 6.77. The van der Waals surface area contributed by atoms with E-state index in [-0.39, 0.29) is 5.92 Å². The van der Waals surface area contributed by atoms with Crippen molar-refractivity contribution in [2.45, 2.75) is 12.8 Å². The molecule has 1 aliphatic rings. The van der Waals surface area contributed by atoms with Gasteiger partial charge in [-0.25, -0.2) is 4.98 Å². The third kappa shape index (κ3) is 3.59. The molecule has 1 saturated heterocycles. The molecule has 1 aromatic carbocycles. The molecule has 23 heavy (non-hydrogen) atoms. The third-order valence-electron chi connectivity index (χ3n) is 4.12. The highest BCUT2D eigenvalue weighted by atomic mass is 35.5. The van der Waals surface area contributed by atoms with E-state index in [9.17, 15) is 4.79 Å². The van der Waals surface area contributed by atoms with Gasteiger partial charge in [-0.2, -0.15) is 0 Å². The Labute approximate surface area is 144 Å². The molecule has 0 radical (unpaired) electrons. The molecule has 0 bridgehead atoms. The van der Waals surface area contributed by atoms with Crippen molar-refractivity contribution < 1.29 is 9.90 Å². The van der Waals surface area contributed by atoms with Gasteiger partial charge in [0.05, 0.1) is 21.7 Å². The molecule has 0 amide bonds. The molecule has 6 heteroatoms. The van der Waals surface area contributed by atoms with Crippen LogP contribution in [0.1, 0.15) is 12.8 Å². The lowest BCUT2D eigenvalue weighted by atomic mass is 9.97. The highest BCUT2D eigenvalue weighted by Crippen LogP contribution is 2.29. The van der Waals surface area contributed by atoms with Crippen molar-refractivity contribution in [2.75, 3.05) is 18.0 Å². The molecule has 1 aliphatic heterocycles. The van der Waals surface area contributed by atoms with Crippen LogP contribution in [-0.4, -0.2) is 29.1 Å². The molecule has 2 aromatic rings. The molecule has 0 atom stereocenters. The van der Waals surface area contributed by atoms with E-state index in [0.717, 1.165) is 17.1 Å². The molecule has 2 heterocycles. The van der Waals surface area contributed by atoms with Crippen molar-refractivity contribution >= 4 is 35.0 Å². The van der Waals surface area contributed by atoms with Crippen LogP contribution in [0.25, 0.3) is 11.3 Å². The lowest BCUT2D eigenvalue weighted by Crippen LogP contribution is -2.36. The smallest absolute Gasteiger partial charge is 0.306 e. The van der Waals surface area contributed by atoms with Crippen molar-refractivity contribution in [2.24, 2.45) is 5.92 Å². The molecule has 120 valence electrons. The van der Waals surface area contributed by atoms with E-state index in [1.807, 2.05) is 24.3 Å². The number of nitrogens with zero attached hydrogens (tertiary/aromatic N) is 2. The number of carbonyl (C=O) groups is 1. The van der Waals surface area contributed by atoms with Crippen LogP contribution in [0.2, 0.25) is 10.0 Å². The zero-order chi connectivity index (χ0) is 16.4. The lowest BCUT2D eigenvalue weighted by molar-refractivity contribution is -0.142. The standard InChI is InChI=1S/C17H16Cl2N2O2/c18-13-5-4-12(10-14(13)19)15-2-1-3-16(20-15)21-8-6-11(7-9-21)17(22)23/h1-5,10-11H,6-9H2,(H,22,23). The van der Waals surface area contributed by atoms with Crippen molar-refractivity contribution in [3.05, 3.63) is 46.4 Å². The summed E-state index contributed by atoms with van der Waals surface area (Å²) in [6.45, 7) is 1.41. The minimum Gasteiger partial charge on any atom is -0.481 e. The first-order valence-electron chi connectivity index (χ1n) is 7.45. The fourth-order valence-corrected chi connectivity index (χ4v) is 3.07. The second-order valence-corrected chi connectivity index (χ2v) is 6.42. The van der Waals surface area contributed by atoms with E-state index in [4.69, 9.17) is 28.3 Å². The number of halogens is 2. The molecule has 0 aliphatic carbocycles. The van der Waals surface area contributed by atoms with Crippen LogP contribution >= 0.6 is 23.2 Å². The van der Waals surface area contributed by atoms with Crippen molar-refractivity contribution in [3.8, 4) is 11.3 Å². The van der Waals surface area contributed by atoms with E-state index in [1.165, 1.54) is 0 Å². The molecule has 1 aromatic heterocycles.